The third-order valence-corrected chi connectivity index (χ3v) is 11.2. The summed E-state index contributed by atoms with van der Waals surface area (Å²) >= 11 is 3.54. The number of aromatic nitrogens is 1. The molecule has 0 aliphatic carbocycles. The smallest absolute Gasteiger partial charge is 0.410 e. The zero-order chi connectivity index (χ0) is 25.7. The van der Waals surface area contributed by atoms with Crippen molar-refractivity contribution in [1.29, 1.82) is 0 Å². The molecule has 1 aromatic rings. The van der Waals surface area contributed by atoms with Crippen LogP contribution in [0.25, 0.3) is 0 Å². The number of carbonyl (C=O) groups excluding carboxylic acids is 2. The van der Waals surface area contributed by atoms with E-state index in [1.165, 1.54) is 11.9 Å². The number of hydrogen-bond donors (Lipinski definition) is 1. The molecule has 0 aliphatic rings. The van der Waals surface area contributed by atoms with Gasteiger partial charge in [0.1, 0.15) is 23.2 Å². The van der Waals surface area contributed by atoms with Crippen molar-refractivity contribution in [1.82, 2.24) is 9.88 Å². The summed E-state index contributed by atoms with van der Waals surface area (Å²) in [5.74, 6) is 3.33. The number of nitrogens with one attached hydrogen (secondary N) is 1. The van der Waals surface area contributed by atoms with E-state index >= 15 is 0 Å². The predicted octanol–water partition coefficient (Wildman–Crippen LogP) is 6.38. The first-order valence-corrected chi connectivity index (χ1v) is 13.9. The Morgan fingerprint density at radius 1 is 1.06 bits per heavy atom. The number of hydrogen-bond acceptors (Lipinski definition) is 4. The summed E-state index contributed by atoms with van der Waals surface area (Å²) in [6.45, 7) is 20.4. The minimum atomic E-state index is -1.21. The fraction of sp³-hybridized carbons (Fsp3) is 0.640. The van der Waals surface area contributed by atoms with Gasteiger partial charge in [-0.25, -0.2) is 9.78 Å². The van der Waals surface area contributed by atoms with Crippen LogP contribution in [0, 0.1) is 11.2 Å². The van der Waals surface area contributed by atoms with E-state index in [0.29, 0.717) is 27.3 Å². The number of pyridine rings is 1. The molecule has 0 spiro atoms. The van der Waals surface area contributed by atoms with Gasteiger partial charge in [-0.05, 0) is 82.7 Å². The molecule has 1 heterocycles. The Balaban J connectivity index is 3.15. The lowest BCUT2D eigenvalue weighted by Gasteiger charge is -2.46. The molecule has 0 bridgehead atoms. The standard InChI is InChI=1S/C25H40BrN3O3S/c1-16(2)33(17(3)4,18(5)6)15-14-21-20(26)12-13-22(27-21)28-23(30)19(7)29(11)24(31)32-25(8,9)10/h12-13,16-19H,1-11H3,(H,27,28,30). The average Bonchev–Trinajstić information content (AvgIpc) is 2.67. The number of amides is 2. The van der Waals surface area contributed by atoms with Crippen molar-refractivity contribution in [3.05, 3.63) is 22.3 Å². The molecule has 0 saturated carbocycles. The van der Waals surface area contributed by atoms with E-state index in [4.69, 9.17) is 4.74 Å². The van der Waals surface area contributed by atoms with E-state index in [0.717, 1.165) is 4.47 Å². The molecule has 1 rings (SSSR count). The van der Waals surface area contributed by atoms with Crippen molar-refractivity contribution in [3.63, 3.8) is 0 Å². The lowest BCUT2D eigenvalue weighted by Crippen LogP contribution is -2.45. The van der Waals surface area contributed by atoms with Crippen LogP contribution >= 0.6 is 26.0 Å². The maximum atomic E-state index is 12.8. The summed E-state index contributed by atoms with van der Waals surface area (Å²) in [5, 5.41) is 7.76. The number of rotatable bonds is 6. The molecule has 0 fully saturated rings. The van der Waals surface area contributed by atoms with E-state index in [1.54, 1.807) is 33.8 Å². The summed E-state index contributed by atoms with van der Waals surface area (Å²) in [6, 6.07) is 2.80. The van der Waals surface area contributed by atoms with Crippen molar-refractivity contribution in [3.8, 4) is 11.2 Å². The van der Waals surface area contributed by atoms with Gasteiger partial charge in [0.15, 0.2) is 0 Å². The van der Waals surface area contributed by atoms with Gasteiger partial charge < -0.3 is 10.1 Å². The van der Waals surface area contributed by atoms with E-state index in [1.807, 2.05) is 6.07 Å². The molecule has 1 unspecified atom stereocenters. The number of halogens is 1. The minimum absolute atomic E-state index is 0.358. The summed E-state index contributed by atoms with van der Waals surface area (Å²) in [6.07, 6.45) is -0.559. The highest BCUT2D eigenvalue weighted by molar-refractivity contribution is 9.10. The van der Waals surface area contributed by atoms with E-state index in [9.17, 15) is 9.59 Å². The zero-order valence-electron chi connectivity index (χ0n) is 21.9. The third kappa shape index (κ3) is 7.65. The highest BCUT2D eigenvalue weighted by Gasteiger charge is 2.33. The Morgan fingerprint density at radius 2 is 1.58 bits per heavy atom. The highest BCUT2D eigenvalue weighted by Crippen LogP contribution is 2.59. The normalized spacial score (nSPS) is 13.4. The van der Waals surface area contributed by atoms with Gasteiger partial charge in [-0.15, -0.1) is 0 Å². The molecule has 0 aliphatic heterocycles. The van der Waals surface area contributed by atoms with Gasteiger partial charge in [-0.3, -0.25) is 9.69 Å². The monoisotopic (exact) mass is 541 g/mol. The topological polar surface area (TPSA) is 71.5 Å². The van der Waals surface area contributed by atoms with Crippen LogP contribution in [0.5, 0.6) is 0 Å². The van der Waals surface area contributed by atoms with Crippen LogP contribution in [0.3, 0.4) is 0 Å². The van der Waals surface area contributed by atoms with Crippen molar-refractivity contribution in [2.24, 2.45) is 0 Å². The fourth-order valence-corrected chi connectivity index (χ4v) is 8.19. The molecule has 33 heavy (non-hydrogen) atoms. The molecular formula is C25H40BrN3O3S. The molecule has 6 nitrogen and oxygen atoms in total. The maximum Gasteiger partial charge on any atom is 0.410 e. The Kier molecular flexibility index (Phi) is 10.3. The van der Waals surface area contributed by atoms with Gasteiger partial charge >= 0.3 is 6.09 Å². The molecule has 1 atom stereocenters. The molecule has 1 N–H and O–H groups in total. The minimum Gasteiger partial charge on any atom is -0.444 e. The van der Waals surface area contributed by atoms with E-state index in [-0.39, 0.29) is 5.91 Å². The second-order valence-corrected chi connectivity index (χ2v) is 15.3. The van der Waals surface area contributed by atoms with Crippen molar-refractivity contribution >= 4 is 43.8 Å². The first-order chi connectivity index (χ1) is 15.0. The van der Waals surface area contributed by atoms with Crippen LogP contribution in [0.15, 0.2) is 16.6 Å². The predicted molar refractivity (Wildman–Crippen MR) is 144 cm³/mol. The summed E-state index contributed by atoms with van der Waals surface area (Å²) < 4.78 is 6.12. The number of likely N-dealkylation sites (N-methyl/N-ethyl adjacent to an activating group) is 1. The van der Waals surface area contributed by atoms with Gasteiger partial charge in [0.05, 0.1) is 4.47 Å². The van der Waals surface area contributed by atoms with Crippen LogP contribution < -0.4 is 5.32 Å². The van der Waals surface area contributed by atoms with Crippen molar-refractivity contribution in [2.45, 2.75) is 96.6 Å². The molecule has 1 aromatic heterocycles. The van der Waals surface area contributed by atoms with Crippen molar-refractivity contribution < 1.29 is 14.3 Å². The first kappa shape index (κ1) is 29.3. The van der Waals surface area contributed by atoms with Crippen LogP contribution in [0.2, 0.25) is 0 Å². The Labute approximate surface area is 210 Å². The summed E-state index contributed by atoms with van der Waals surface area (Å²) in [5.41, 5.74) is -0.0542. The first-order valence-electron chi connectivity index (χ1n) is 11.3. The Morgan fingerprint density at radius 3 is 2.03 bits per heavy atom. The van der Waals surface area contributed by atoms with Gasteiger partial charge in [0.2, 0.25) is 5.91 Å². The molecule has 8 heteroatoms. The SMILES string of the molecule is CC(C(=O)Nc1ccc(Br)c(C#CS(C(C)C)(C(C)C)C(C)C)n1)N(C)C(=O)OC(C)(C)C. The molecule has 0 aromatic carbocycles. The van der Waals surface area contributed by atoms with Gasteiger partial charge in [-0.2, -0.15) is 10.0 Å². The lowest BCUT2D eigenvalue weighted by molar-refractivity contribution is -0.120. The Hall–Kier alpha value is -1.72. The molecule has 0 radical (unpaired) electrons. The van der Waals surface area contributed by atoms with Crippen LogP contribution in [-0.2, 0) is 9.53 Å². The largest absolute Gasteiger partial charge is 0.444 e. The molecule has 0 saturated heterocycles. The van der Waals surface area contributed by atoms with Gasteiger partial charge in [0.25, 0.3) is 0 Å². The second kappa shape index (κ2) is 11.6. The Bertz CT molecular complexity index is 892. The number of anilines is 1. The third-order valence-electron chi connectivity index (χ3n) is 5.43. The fourth-order valence-electron chi connectivity index (χ4n) is 3.62. The van der Waals surface area contributed by atoms with Gasteiger partial charge in [-0.1, -0.05) is 41.5 Å². The quantitative estimate of drug-likeness (QED) is 0.424. The van der Waals surface area contributed by atoms with Crippen LogP contribution in [0.4, 0.5) is 10.6 Å². The highest BCUT2D eigenvalue weighted by atomic mass is 79.9. The maximum absolute atomic E-state index is 12.8. The second-order valence-electron chi connectivity index (χ2n) is 9.92. The van der Waals surface area contributed by atoms with Gasteiger partial charge in [0, 0.05) is 7.05 Å². The lowest BCUT2D eigenvalue weighted by atomic mass is 10.2. The summed E-state index contributed by atoms with van der Waals surface area (Å²) in [7, 11) is 0.324. The van der Waals surface area contributed by atoms with Crippen LogP contribution in [-0.4, -0.2) is 56.3 Å². The summed E-state index contributed by atoms with van der Waals surface area (Å²) in [4.78, 5) is 30.9. The number of ether oxygens (including phenoxy) is 1. The average molecular weight is 543 g/mol. The van der Waals surface area contributed by atoms with E-state index in [2.05, 4.69) is 78.9 Å². The molecular weight excluding hydrogens is 502 g/mol. The van der Waals surface area contributed by atoms with Crippen molar-refractivity contribution in [2.75, 3.05) is 12.4 Å². The zero-order valence-corrected chi connectivity index (χ0v) is 24.3. The number of nitrogens with zero attached hydrogens (tertiary/aromatic N) is 2. The molecule has 186 valence electrons. The van der Waals surface area contributed by atoms with Crippen LogP contribution in [0.1, 0.15) is 74.9 Å². The number of carbonyl (C=O) groups is 2. The van der Waals surface area contributed by atoms with E-state index < -0.39 is 27.8 Å². The molecule has 2 amide bonds.